The molecule has 1 saturated heterocycles. The van der Waals surface area contributed by atoms with Gasteiger partial charge < -0.3 is 48.3 Å². The molecule has 4 rings (SSSR count). The Morgan fingerprint density at radius 2 is 1.17 bits per heavy atom. The largest absolute Gasteiger partial charge is 0.508 e. The van der Waals surface area contributed by atoms with Gasteiger partial charge >= 0.3 is 5.97 Å². The molecular weight excluding hydrogens is 947 g/mol. The molecule has 0 saturated carbocycles. The van der Waals surface area contributed by atoms with Gasteiger partial charge in [-0.25, -0.2) is 0 Å². The number of aromatic hydroxyl groups is 1. The molecule has 19 heteroatoms. The van der Waals surface area contributed by atoms with Crippen molar-refractivity contribution in [3.63, 3.8) is 0 Å². The lowest BCUT2D eigenvalue weighted by molar-refractivity contribution is -0.145. The highest BCUT2D eigenvalue weighted by Gasteiger charge is 2.36. The van der Waals surface area contributed by atoms with Crippen molar-refractivity contribution in [3.8, 4) is 17.6 Å². The lowest BCUT2D eigenvalue weighted by Crippen LogP contribution is -2.60. The van der Waals surface area contributed by atoms with E-state index in [1.165, 1.54) is 19.1 Å². The number of carbonyl (C=O) groups is 8. The second-order valence-corrected chi connectivity index (χ2v) is 20.6. The molecule has 0 unspecified atom stereocenters. The quantitative estimate of drug-likeness (QED) is 0.0504. The first-order valence-corrected chi connectivity index (χ1v) is 26.2. The number of ketones is 2. The van der Waals surface area contributed by atoms with E-state index >= 15 is 0 Å². The van der Waals surface area contributed by atoms with Crippen molar-refractivity contribution in [2.45, 2.75) is 115 Å². The number of carbonyl (C=O) groups excluding carboxylic acids is 7. The SMILES string of the molecule is CC#Cc1ccc(C[C@@H]2NC(=O)[C@H](Cc3ccccc3)NC(=O)[C@@H](CC(=O)[C@H](C)N)CSSC[C@@H](C(=O)C[C@H](C(=O)O)C(C)C)NC(=O)[C@H](Cc3ccc(O)cc3)NC(=O)[C@H](CCCCN)NC2=O)cc1. The lowest BCUT2D eigenvalue weighted by Gasteiger charge is -2.28. The first kappa shape index (κ1) is 57.4. The van der Waals surface area contributed by atoms with E-state index in [0.29, 0.717) is 29.5 Å². The number of carboxylic acid groups (broad SMARTS) is 1. The maximum absolute atomic E-state index is 14.7. The van der Waals surface area contributed by atoms with E-state index in [4.69, 9.17) is 11.5 Å². The highest BCUT2D eigenvalue weighted by molar-refractivity contribution is 8.76. The molecule has 17 nitrogen and oxygen atoms in total. The van der Waals surface area contributed by atoms with Crippen LogP contribution >= 0.6 is 21.6 Å². The third-order valence-electron chi connectivity index (χ3n) is 12.0. The average molecular weight is 1010 g/mol. The molecule has 8 atom stereocenters. The summed E-state index contributed by atoms with van der Waals surface area (Å²) in [5, 5.41) is 34.1. The molecule has 1 aliphatic heterocycles. The average Bonchev–Trinajstić information content (AvgIpc) is 3.33. The number of unbranched alkanes of at least 4 members (excludes halogenated alkanes) is 1. The van der Waals surface area contributed by atoms with Gasteiger partial charge in [0.2, 0.25) is 29.5 Å². The first-order valence-electron chi connectivity index (χ1n) is 23.7. The summed E-state index contributed by atoms with van der Waals surface area (Å²) in [5.74, 6) is -2.78. The van der Waals surface area contributed by atoms with Crippen LogP contribution in [0.15, 0.2) is 78.9 Å². The molecular formula is C52H67N7O10S2. The van der Waals surface area contributed by atoms with Crippen molar-refractivity contribution < 1.29 is 48.6 Å². The molecule has 1 fully saturated rings. The van der Waals surface area contributed by atoms with Gasteiger partial charge in [0.05, 0.1) is 23.9 Å². The van der Waals surface area contributed by atoms with Crippen LogP contribution in [0.25, 0.3) is 0 Å². The third-order valence-corrected chi connectivity index (χ3v) is 14.5. The van der Waals surface area contributed by atoms with Crippen molar-refractivity contribution in [3.05, 3.63) is 101 Å². The molecule has 1 heterocycles. The summed E-state index contributed by atoms with van der Waals surface area (Å²) in [6.07, 6.45) is 0.0278. The number of phenols is 1. The fourth-order valence-corrected chi connectivity index (χ4v) is 10.2. The Hall–Kier alpha value is -6.20. The van der Waals surface area contributed by atoms with Crippen LogP contribution < -0.4 is 38.1 Å². The van der Waals surface area contributed by atoms with Crippen LogP contribution in [0.2, 0.25) is 0 Å². The van der Waals surface area contributed by atoms with E-state index in [9.17, 15) is 48.6 Å². The summed E-state index contributed by atoms with van der Waals surface area (Å²) in [7, 11) is 2.23. The number of benzene rings is 3. The zero-order valence-electron chi connectivity index (χ0n) is 40.6. The molecule has 3 aromatic rings. The van der Waals surface area contributed by atoms with Gasteiger partial charge in [-0.15, -0.1) is 5.92 Å². The fourth-order valence-electron chi connectivity index (χ4n) is 7.67. The Balaban J connectivity index is 1.86. The van der Waals surface area contributed by atoms with Gasteiger partial charge in [0.15, 0.2) is 5.78 Å². The normalized spacial score (nSPS) is 21.7. The first-order chi connectivity index (χ1) is 33.9. The highest BCUT2D eigenvalue weighted by atomic mass is 33.1. The summed E-state index contributed by atoms with van der Waals surface area (Å²) in [4.78, 5) is 112. The van der Waals surface area contributed by atoms with Crippen LogP contribution in [-0.2, 0) is 57.6 Å². The molecule has 0 spiro atoms. The molecule has 71 heavy (non-hydrogen) atoms. The summed E-state index contributed by atoms with van der Waals surface area (Å²) in [6.45, 7) is 6.81. The number of carboxylic acids is 1. The molecule has 3 aromatic carbocycles. The zero-order chi connectivity index (χ0) is 52.0. The molecule has 0 bridgehead atoms. The van der Waals surface area contributed by atoms with Crippen molar-refractivity contribution in [2.24, 2.45) is 29.2 Å². The predicted octanol–water partition coefficient (Wildman–Crippen LogP) is 2.98. The van der Waals surface area contributed by atoms with E-state index in [1.807, 2.05) is 0 Å². The second kappa shape index (κ2) is 29.2. The Morgan fingerprint density at radius 1 is 0.676 bits per heavy atom. The Morgan fingerprint density at radius 3 is 1.69 bits per heavy atom. The number of amides is 5. The zero-order valence-corrected chi connectivity index (χ0v) is 42.2. The van der Waals surface area contributed by atoms with Crippen molar-refractivity contribution in [2.75, 3.05) is 18.1 Å². The molecule has 5 amide bonds. The molecule has 0 aromatic heterocycles. The minimum atomic E-state index is -1.36. The monoisotopic (exact) mass is 1010 g/mol. The minimum absolute atomic E-state index is 0.00324. The summed E-state index contributed by atoms with van der Waals surface area (Å²) in [6, 6.07) is 14.5. The predicted molar refractivity (Wildman–Crippen MR) is 274 cm³/mol. The van der Waals surface area contributed by atoms with Gasteiger partial charge in [-0.3, -0.25) is 38.4 Å². The smallest absolute Gasteiger partial charge is 0.307 e. The minimum Gasteiger partial charge on any atom is -0.508 e. The van der Waals surface area contributed by atoms with E-state index < -0.39 is 107 Å². The van der Waals surface area contributed by atoms with Crippen LogP contribution in [-0.4, -0.2) is 112 Å². The van der Waals surface area contributed by atoms with E-state index in [0.717, 1.165) is 27.2 Å². The topological polar surface area (TPSA) is 289 Å². The van der Waals surface area contributed by atoms with Crippen LogP contribution in [0.3, 0.4) is 0 Å². The molecule has 382 valence electrons. The van der Waals surface area contributed by atoms with Gasteiger partial charge in [-0.1, -0.05) is 96.0 Å². The molecule has 0 radical (unpaired) electrons. The Kier molecular flexibility index (Phi) is 23.6. The van der Waals surface area contributed by atoms with Crippen LogP contribution in [0.5, 0.6) is 5.75 Å². The van der Waals surface area contributed by atoms with Crippen LogP contribution in [0.4, 0.5) is 0 Å². The molecule has 1 aliphatic rings. The highest BCUT2D eigenvalue weighted by Crippen LogP contribution is 2.28. The van der Waals surface area contributed by atoms with Gasteiger partial charge in [-0.2, -0.15) is 0 Å². The van der Waals surface area contributed by atoms with E-state index in [-0.39, 0.29) is 55.9 Å². The number of phenolic OH excluding ortho intramolecular Hbond substituents is 1. The van der Waals surface area contributed by atoms with Gasteiger partial charge in [-0.05, 0) is 86.5 Å². The number of hydrogen-bond donors (Lipinski definition) is 9. The van der Waals surface area contributed by atoms with Gasteiger partial charge in [0.1, 0.15) is 35.7 Å². The van der Waals surface area contributed by atoms with Gasteiger partial charge in [0, 0.05) is 49.2 Å². The van der Waals surface area contributed by atoms with Crippen LogP contribution in [0.1, 0.15) is 82.1 Å². The van der Waals surface area contributed by atoms with Crippen LogP contribution in [0, 0.1) is 29.6 Å². The summed E-state index contributed by atoms with van der Waals surface area (Å²) < 4.78 is 0. The number of nitrogens with two attached hydrogens (primary N) is 2. The Labute approximate surface area is 423 Å². The second-order valence-electron chi connectivity index (χ2n) is 18.0. The maximum Gasteiger partial charge on any atom is 0.307 e. The number of aliphatic carboxylic acids is 1. The summed E-state index contributed by atoms with van der Waals surface area (Å²) >= 11 is 0. The number of rotatable bonds is 18. The third kappa shape index (κ3) is 19.2. The number of nitrogens with one attached hydrogen (secondary N) is 5. The van der Waals surface area contributed by atoms with E-state index in [1.54, 1.807) is 87.5 Å². The van der Waals surface area contributed by atoms with Crippen molar-refractivity contribution >= 4 is 68.7 Å². The molecule has 0 aliphatic carbocycles. The number of hydrogen-bond acceptors (Lipinski definition) is 13. The lowest BCUT2D eigenvalue weighted by atomic mass is 9.89. The van der Waals surface area contributed by atoms with Crippen molar-refractivity contribution in [1.82, 2.24) is 26.6 Å². The fraction of sp³-hybridized carbons (Fsp3) is 0.462. The maximum atomic E-state index is 14.7. The summed E-state index contributed by atoms with van der Waals surface area (Å²) in [5.41, 5.74) is 14.4. The molecule has 11 N–H and O–H groups in total. The van der Waals surface area contributed by atoms with Crippen molar-refractivity contribution in [1.29, 1.82) is 0 Å². The number of Topliss-reactive ketones (excluding diaryl/α,β-unsaturated/α-hetero) is 2. The van der Waals surface area contributed by atoms with Gasteiger partial charge in [0.25, 0.3) is 0 Å². The Bertz CT molecular complexity index is 2360. The van der Waals surface area contributed by atoms with E-state index in [2.05, 4.69) is 38.4 Å². The standard InChI is InChI=1S/C52H67N7O10S2/c1-5-11-33-15-17-35(18-16-33)25-42-49(65)55-40(14-9-10-23-53)48(64)57-43(26-36-19-21-38(60)22-20-36)51(67)59-44(46(62)28-39(31(2)3)52(68)69)30-71-70-29-37(27-45(61)32(4)54)47(63)56-41(50(66)58-42)24-34-12-7-6-8-13-34/h6-8,12-13,15-22,31-32,37,39-44,60H,9-10,14,23-30,53-54H2,1-4H3,(H,55,65)(H,56,63)(H,57,64)(H,58,66)(H,59,67)(H,68,69)/t32-,37-,39-,40-,41-,42-,43-,44-/m0/s1.